The van der Waals surface area contributed by atoms with E-state index in [1.54, 1.807) is 45.0 Å². The third kappa shape index (κ3) is 3.12. The average molecular weight is 262 g/mol. The molecule has 0 aliphatic heterocycles. The van der Waals surface area contributed by atoms with Crippen LogP contribution in [0.4, 0.5) is 5.69 Å². The van der Waals surface area contributed by atoms with E-state index in [4.69, 9.17) is 11.6 Å². The van der Waals surface area contributed by atoms with Crippen molar-refractivity contribution in [1.29, 1.82) is 0 Å². The van der Waals surface area contributed by atoms with E-state index in [1.165, 1.54) is 0 Å². The number of anilines is 1. The predicted octanol–water partition coefficient (Wildman–Crippen LogP) is 2.97. The molecule has 0 spiro atoms. The number of nitrogens with one attached hydrogen (secondary N) is 1. The molecule has 3 nitrogen and oxygen atoms in total. The number of alkyl halides is 1. The van der Waals surface area contributed by atoms with Crippen molar-refractivity contribution in [2.24, 2.45) is 0 Å². The number of rotatable bonds is 3. The average Bonchev–Trinajstić information content (AvgIpc) is 2.16. The summed E-state index contributed by atoms with van der Waals surface area (Å²) < 4.78 is 25.4. The standard InChI is InChI=1S/C11H16ClNO2S/c1-11(2,3)16(14,15)13-10-6-4-9(8-12)5-7-10/h4-7,13H,8H2,1-3H3. The van der Waals surface area contributed by atoms with E-state index in [0.717, 1.165) is 5.56 Å². The van der Waals surface area contributed by atoms with Gasteiger partial charge in [0.15, 0.2) is 0 Å². The van der Waals surface area contributed by atoms with Crippen molar-refractivity contribution in [2.75, 3.05) is 4.72 Å². The van der Waals surface area contributed by atoms with Gasteiger partial charge in [-0.3, -0.25) is 4.72 Å². The Morgan fingerprint density at radius 1 is 1.19 bits per heavy atom. The molecule has 90 valence electrons. The second-order valence-electron chi connectivity index (χ2n) is 4.55. The molecular formula is C11H16ClNO2S. The maximum absolute atomic E-state index is 11.8. The van der Waals surface area contributed by atoms with Crippen LogP contribution in [0.15, 0.2) is 24.3 Å². The van der Waals surface area contributed by atoms with E-state index >= 15 is 0 Å². The van der Waals surface area contributed by atoms with E-state index < -0.39 is 14.8 Å². The van der Waals surface area contributed by atoms with Gasteiger partial charge in [-0.15, -0.1) is 11.6 Å². The third-order valence-electron chi connectivity index (χ3n) is 2.17. The Hall–Kier alpha value is -0.740. The summed E-state index contributed by atoms with van der Waals surface area (Å²) in [6.45, 7) is 4.97. The van der Waals surface area contributed by atoms with Crippen LogP contribution < -0.4 is 4.72 Å². The molecule has 0 aromatic heterocycles. The molecule has 0 saturated carbocycles. The molecule has 1 rings (SSSR count). The Morgan fingerprint density at radius 3 is 2.06 bits per heavy atom. The van der Waals surface area contributed by atoms with Crippen molar-refractivity contribution in [1.82, 2.24) is 0 Å². The van der Waals surface area contributed by atoms with E-state index in [2.05, 4.69) is 4.72 Å². The SMILES string of the molecule is CC(C)(C)S(=O)(=O)Nc1ccc(CCl)cc1. The minimum atomic E-state index is -3.35. The monoisotopic (exact) mass is 261 g/mol. The molecule has 1 aromatic carbocycles. The van der Waals surface area contributed by atoms with E-state index in [-0.39, 0.29) is 0 Å². The summed E-state index contributed by atoms with van der Waals surface area (Å²) in [4.78, 5) is 0. The molecule has 16 heavy (non-hydrogen) atoms. The zero-order valence-corrected chi connectivity index (χ0v) is 11.2. The molecule has 0 bridgehead atoms. The van der Waals surface area contributed by atoms with E-state index in [1.807, 2.05) is 0 Å². The van der Waals surface area contributed by atoms with Crippen LogP contribution in [-0.4, -0.2) is 13.2 Å². The van der Waals surface area contributed by atoms with Gasteiger partial charge in [0.1, 0.15) is 0 Å². The van der Waals surface area contributed by atoms with E-state index in [0.29, 0.717) is 11.6 Å². The van der Waals surface area contributed by atoms with Crippen LogP contribution in [0.25, 0.3) is 0 Å². The highest BCUT2D eigenvalue weighted by molar-refractivity contribution is 7.94. The minimum Gasteiger partial charge on any atom is -0.283 e. The maximum atomic E-state index is 11.8. The highest BCUT2D eigenvalue weighted by Gasteiger charge is 2.28. The number of hydrogen-bond donors (Lipinski definition) is 1. The Kier molecular flexibility index (Phi) is 3.86. The molecule has 0 saturated heterocycles. The first-order chi connectivity index (χ1) is 7.26. The molecular weight excluding hydrogens is 246 g/mol. The van der Waals surface area contributed by atoms with Gasteiger partial charge in [-0.05, 0) is 38.5 Å². The maximum Gasteiger partial charge on any atom is 0.237 e. The molecule has 5 heteroatoms. The van der Waals surface area contributed by atoms with Crippen molar-refractivity contribution in [3.63, 3.8) is 0 Å². The number of halogens is 1. The van der Waals surface area contributed by atoms with Gasteiger partial charge in [0.2, 0.25) is 10.0 Å². The van der Waals surface area contributed by atoms with Crippen LogP contribution in [0.5, 0.6) is 0 Å². The molecule has 0 atom stereocenters. The van der Waals surface area contributed by atoms with Crippen molar-refractivity contribution >= 4 is 27.3 Å². The fraction of sp³-hybridized carbons (Fsp3) is 0.455. The highest BCUT2D eigenvalue weighted by atomic mass is 35.5. The van der Waals surface area contributed by atoms with Gasteiger partial charge in [-0.2, -0.15) is 0 Å². The molecule has 0 aliphatic rings. The van der Waals surface area contributed by atoms with Crippen LogP contribution in [0.2, 0.25) is 0 Å². The van der Waals surface area contributed by atoms with Crippen LogP contribution in [0.1, 0.15) is 26.3 Å². The molecule has 0 radical (unpaired) electrons. The topological polar surface area (TPSA) is 46.2 Å². The fourth-order valence-corrected chi connectivity index (χ4v) is 1.90. The number of benzene rings is 1. The van der Waals surface area contributed by atoms with Gasteiger partial charge in [0, 0.05) is 11.6 Å². The molecule has 0 unspecified atom stereocenters. The summed E-state index contributed by atoms with van der Waals surface area (Å²) in [5, 5.41) is 0. The lowest BCUT2D eigenvalue weighted by atomic mass is 10.2. The van der Waals surface area contributed by atoms with Gasteiger partial charge >= 0.3 is 0 Å². The Bertz CT molecular complexity index is 446. The van der Waals surface area contributed by atoms with Crippen molar-refractivity contribution < 1.29 is 8.42 Å². The van der Waals surface area contributed by atoms with Crippen molar-refractivity contribution in [3.05, 3.63) is 29.8 Å². The Labute approximate surface area is 102 Å². The summed E-state index contributed by atoms with van der Waals surface area (Å²) in [7, 11) is -3.35. The van der Waals surface area contributed by atoms with Gasteiger partial charge in [0.25, 0.3) is 0 Å². The molecule has 0 amide bonds. The molecule has 0 heterocycles. The smallest absolute Gasteiger partial charge is 0.237 e. The normalized spacial score (nSPS) is 12.5. The Balaban J connectivity index is 2.89. The summed E-state index contributed by atoms with van der Waals surface area (Å²) >= 11 is 5.65. The zero-order chi connectivity index (χ0) is 12.4. The fourth-order valence-electron chi connectivity index (χ4n) is 0.970. The molecule has 1 aromatic rings. The summed E-state index contributed by atoms with van der Waals surface area (Å²) in [6, 6.07) is 7.02. The minimum absolute atomic E-state index is 0.423. The lowest BCUT2D eigenvalue weighted by Crippen LogP contribution is -2.33. The van der Waals surface area contributed by atoms with Crippen LogP contribution in [0, 0.1) is 0 Å². The summed E-state index contributed by atoms with van der Waals surface area (Å²) in [5.74, 6) is 0.423. The molecule has 0 aliphatic carbocycles. The first-order valence-corrected chi connectivity index (χ1v) is 6.95. The van der Waals surface area contributed by atoms with Crippen molar-refractivity contribution in [3.8, 4) is 0 Å². The van der Waals surface area contributed by atoms with Gasteiger partial charge < -0.3 is 0 Å². The quantitative estimate of drug-likeness (QED) is 0.851. The van der Waals surface area contributed by atoms with Crippen LogP contribution in [-0.2, 0) is 15.9 Å². The van der Waals surface area contributed by atoms with Gasteiger partial charge in [-0.25, -0.2) is 8.42 Å². The summed E-state index contributed by atoms with van der Waals surface area (Å²) in [6.07, 6.45) is 0. The number of hydrogen-bond acceptors (Lipinski definition) is 2. The highest BCUT2D eigenvalue weighted by Crippen LogP contribution is 2.20. The lowest BCUT2D eigenvalue weighted by molar-refractivity contribution is 0.566. The van der Waals surface area contributed by atoms with Crippen LogP contribution in [0.3, 0.4) is 0 Å². The second-order valence-corrected chi connectivity index (χ2v) is 7.25. The predicted molar refractivity (Wildman–Crippen MR) is 68.3 cm³/mol. The van der Waals surface area contributed by atoms with Crippen molar-refractivity contribution in [2.45, 2.75) is 31.4 Å². The van der Waals surface area contributed by atoms with Gasteiger partial charge in [0.05, 0.1) is 4.75 Å². The Morgan fingerprint density at radius 2 is 1.69 bits per heavy atom. The first kappa shape index (κ1) is 13.3. The van der Waals surface area contributed by atoms with Gasteiger partial charge in [-0.1, -0.05) is 12.1 Å². The first-order valence-electron chi connectivity index (χ1n) is 4.93. The largest absolute Gasteiger partial charge is 0.283 e. The lowest BCUT2D eigenvalue weighted by Gasteiger charge is -2.20. The number of sulfonamides is 1. The molecule has 1 N–H and O–H groups in total. The van der Waals surface area contributed by atoms with E-state index in [9.17, 15) is 8.42 Å². The third-order valence-corrected chi connectivity index (χ3v) is 4.59. The molecule has 0 fully saturated rings. The summed E-state index contributed by atoms with van der Waals surface area (Å²) in [5.41, 5.74) is 1.52. The van der Waals surface area contributed by atoms with Crippen LogP contribution >= 0.6 is 11.6 Å². The zero-order valence-electron chi connectivity index (χ0n) is 9.62. The second kappa shape index (κ2) is 4.63.